The predicted octanol–water partition coefficient (Wildman–Crippen LogP) is 3.38. The van der Waals surface area contributed by atoms with Gasteiger partial charge in [0, 0.05) is 19.2 Å². The number of pyridine rings is 1. The summed E-state index contributed by atoms with van der Waals surface area (Å²) >= 11 is 5.50. The topological polar surface area (TPSA) is 66.6 Å². The highest BCUT2D eigenvalue weighted by Gasteiger charge is 2.17. The maximum Gasteiger partial charge on any atom is 0.253 e. The molecule has 2 heterocycles. The number of nitrogens with one attached hydrogen (secondary N) is 2. The molecule has 0 amide bonds. The van der Waals surface area contributed by atoms with Crippen molar-refractivity contribution in [3.05, 3.63) is 69.0 Å². The lowest BCUT2D eigenvalue weighted by Crippen LogP contribution is -2.38. The van der Waals surface area contributed by atoms with E-state index in [-0.39, 0.29) is 12.4 Å². The molecule has 0 fully saturated rings. The second-order valence-electron chi connectivity index (χ2n) is 7.19. The third-order valence-electron chi connectivity index (χ3n) is 5.30. The number of thiocarbonyl (C=S) groups is 1. The van der Waals surface area contributed by atoms with Gasteiger partial charge in [0.15, 0.2) is 16.6 Å². The first kappa shape index (κ1) is 19.3. The Kier molecular flexibility index (Phi) is 5.15. The van der Waals surface area contributed by atoms with Crippen LogP contribution in [0.3, 0.4) is 0 Å². The van der Waals surface area contributed by atoms with Crippen LogP contribution in [0, 0.1) is 13.8 Å². The van der Waals surface area contributed by atoms with E-state index >= 15 is 0 Å². The molecule has 0 saturated heterocycles. The Morgan fingerprint density at radius 1 is 1.14 bits per heavy atom. The van der Waals surface area contributed by atoms with Crippen molar-refractivity contribution in [2.75, 3.05) is 13.8 Å². The van der Waals surface area contributed by atoms with Crippen LogP contribution in [-0.4, -0.2) is 28.8 Å². The molecule has 0 radical (unpaired) electrons. The maximum atomic E-state index is 12.8. The van der Waals surface area contributed by atoms with Gasteiger partial charge in [-0.2, -0.15) is 0 Å². The number of hydrogen-bond donors (Lipinski definition) is 2. The van der Waals surface area contributed by atoms with E-state index in [0.29, 0.717) is 23.8 Å². The molecule has 0 atom stereocenters. The standard InChI is InChI=1S/C22H23N3O3S/c1-13-4-6-16-9-17(21(26)24-20(16)14(13)2)11-25(22(29)23-3)10-15-5-7-18-19(8-15)28-12-27-18/h4-9H,10-12H2,1-3H3,(H,23,29)(H,24,26). The molecular formula is C22H23N3O3S. The zero-order valence-electron chi connectivity index (χ0n) is 16.7. The van der Waals surface area contributed by atoms with E-state index in [1.54, 1.807) is 7.05 Å². The van der Waals surface area contributed by atoms with Gasteiger partial charge in [0.2, 0.25) is 6.79 Å². The molecule has 150 valence electrons. The van der Waals surface area contributed by atoms with Crippen molar-refractivity contribution in [2.45, 2.75) is 26.9 Å². The summed E-state index contributed by atoms with van der Waals surface area (Å²) in [6.07, 6.45) is 0. The van der Waals surface area contributed by atoms with Crippen molar-refractivity contribution < 1.29 is 9.47 Å². The minimum absolute atomic E-state index is 0.0965. The smallest absolute Gasteiger partial charge is 0.253 e. The van der Waals surface area contributed by atoms with Crippen LogP contribution in [0.15, 0.2) is 41.2 Å². The van der Waals surface area contributed by atoms with Gasteiger partial charge in [-0.05, 0) is 66.3 Å². The van der Waals surface area contributed by atoms with Crippen LogP contribution in [0.5, 0.6) is 11.5 Å². The lowest BCUT2D eigenvalue weighted by molar-refractivity contribution is 0.174. The van der Waals surface area contributed by atoms with Crippen LogP contribution in [0.2, 0.25) is 0 Å². The summed E-state index contributed by atoms with van der Waals surface area (Å²) in [5, 5.41) is 4.61. The number of ether oxygens (including phenoxy) is 2. The molecule has 0 unspecified atom stereocenters. The number of hydrogen-bond acceptors (Lipinski definition) is 4. The molecule has 1 aliphatic rings. The van der Waals surface area contributed by atoms with Crippen LogP contribution in [0.1, 0.15) is 22.3 Å². The summed E-state index contributed by atoms with van der Waals surface area (Å²) in [6.45, 7) is 5.24. The first-order valence-corrected chi connectivity index (χ1v) is 9.84. The van der Waals surface area contributed by atoms with Crippen LogP contribution in [-0.2, 0) is 13.1 Å². The number of aromatic amines is 1. The Balaban J connectivity index is 1.65. The van der Waals surface area contributed by atoms with Gasteiger partial charge in [0.1, 0.15) is 0 Å². The second-order valence-corrected chi connectivity index (χ2v) is 7.58. The Morgan fingerprint density at radius 3 is 2.72 bits per heavy atom. The zero-order valence-corrected chi connectivity index (χ0v) is 17.5. The van der Waals surface area contributed by atoms with Gasteiger partial charge in [-0.1, -0.05) is 18.2 Å². The maximum absolute atomic E-state index is 12.8. The molecular weight excluding hydrogens is 386 g/mol. The molecule has 0 spiro atoms. The number of rotatable bonds is 4. The highest BCUT2D eigenvalue weighted by molar-refractivity contribution is 7.80. The lowest BCUT2D eigenvalue weighted by atomic mass is 10.0. The van der Waals surface area contributed by atoms with Gasteiger partial charge in [-0.15, -0.1) is 0 Å². The van der Waals surface area contributed by atoms with Crippen LogP contribution >= 0.6 is 12.2 Å². The fraction of sp³-hybridized carbons (Fsp3) is 0.273. The highest BCUT2D eigenvalue weighted by Crippen LogP contribution is 2.33. The van der Waals surface area contributed by atoms with E-state index in [9.17, 15) is 4.79 Å². The SMILES string of the molecule is CNC(=S)N(Cc1ccc2c(c1)OCO2)Cc1cc2ccc(C)c(C)c2[nH]c1=O. The number of nitrogens with zero attached hydrogens (tertiary/aromatic N) is 1. The molecule has 1 aromatic heterocycles. The molecule has 6 nitrogen and oxygen atoms in total. The monoisotopic (exact) mass is 409 g/mol. The zero-order chi connectivity index (χ0) is 20.5. The third kappa shape index (κ3) is 3.78. The summed E-state index contributed by atoms with van der Waals surface area (Å²) < 4.78 is 10.8. The van der Waals surface area contributed by atoms with Crippen LogP contribution in [0.4, 0.5) is 0 Å². The fourth-order valence-corrected chi connectivity index (χ4v) is 3.64. The number of H-pyrrole nitrogens is 1. The van der Waals surface area contributed by atoms with Crippen molar-refractivity contribution >= 4 is 28.2 Å². The molecule has 2 aromatic carbocycles. The predicted molar refractivity (Wildman–Crippen MR) is 118 cm³/mol. The van der Waals surface area contributed by atoms with Crippen molar-refractivity contribution in [2.24, 2.45) is 0 Å². The number of aryl methyl sites for hydroxylation is 2. The normalized spacial score (nSPS) is 12.2. The van der Waals surface area contributed by atoms with E-state index < -0.39 is 0 Å². The van der Waals surface area contributed by atoms with Crippen molar-refractivity contribution in [1.82, 2.24) is 15.2 Å². The molecule has 4 rings (SSSR count). The van der Waals surface area contributed by atoms with E-state index in [2.05, 4.69) is 16.4 Å². The molecule has 1 aliphatic heterocycles. The lowest BCUT2D eigenvalue weighted by Gasteiger charge is -2.25. The van der Waals surface area contributed by atoms with Crippen molar-refractivity contribution in [1.29, 1.82) is 0 Å². The first-order valence-electron chi connectivity index (χ1n) is 9.43. The van der Waals surface area contributed by atoms with E-state index in [1.807, 2.05) is 49.1 Å². The van der Waals surface area contributed by atoms with Crippen molar-refractivity contribution in [3.8, 4) is 11.5 Å². The van der Waals surface area contributed by atoms with E-state index in [4.69, 9.17) is 21.7 Å². The van der Waals surface area contributed by atoms with Gasteiger partial charge in [-0.25, -0.2) is 0 Å². The minimum atomic E-state index is -0.0965. The van der Waals surface area contributed by atoms with Crippen molar-refractivity contribution in [3.63, 3.8) is 0 Å². The third-order valence-corrected chi connectivity index (χ3v) is 5.76. The van der Waals surface area contributed by atoms with Crippen LogP contribution < -0.4 is 20.3 Å². The summed E-state index contributed by atoms with van der Waals surface area (Å²) in [5.41, 5.74) is 4.73. The Labute approximate surface area is 174 Å². The van der Waals surface area contributed by atoms with Gasteiger partial charge < -0.3 is 24.7 Å². The molecule has 0 saturated carbocycles. The quantitative estimate of drug-likeness (QED) is 0.644. The fourth-order valence-electron chi connectivity index (χ4n) is 3.51. The molecule has 7 heteroatoms. The average Bonchev–Trinajstić information content (AvgIpc) is 3.18. The molecule has 0 aliphatic carbocycles. The van der Waals surface area contributed by atoms with Gasteiger partial charge >= 0.3 is 0 Å². The van der Waals surface area contributed by atoms with Crippen LogP contribution in [0.25, 0.3) is 10.9 Å². The first-order chi connectivity index (χ1) is 14.0. The minimum Gasteiger partial charge on any atom is -0.454 e. The molecule has 3 aromatic rings. The van der Waals surface area contributed by atoms with E-state index in [1.165, 1.54) is 0 Å². The van der Waals surface area contributed by atoms with E-state index in [0.717, 1.165) is 39.1 Å². The second kappa shape index (κ2) is 7.75. The molecule has 0 bridgehead atoms. The summed E-state index contributed by atoms with van der Waals surface area (Å²) in [5.74, 6) is 1.47. The Morgan fingerprint density at radius 2 is 1.93 bits per heavy atom. The molecule has 2 N–H and O–H groups in total. The van der Waals surface area contributed by atoms with Gasteiger partial charge in [0.25, 0.3) is 5.56 Å². The summed E-state index contributed by atoms with van der Waals surface area (Å²) in [7, 11) is 1.78. The Hall–Kier alpha value is -3.06. The Bertz CT molecular complexity index is 1160. The van der Waals surface area contributed by atoms with Gasteiger partial charge in [-0.3, -0.25) is 4.79 Å². The van der Waals surface area contributed by atoms with Gasteiger partial charge in [0.05, 0.1) is 12.1 Å². The molecule has 29 heavy (non-hydrogen) atoms. The largest absolute Gasteiger partial charge is 0.454 e. The average molecular weight is 410 g/mol. The summed E-state index contributed by atoms with van der Waals surface area (Å²) in [6, 6.07) is 11.9. The number of fused-ring (bicyclic) bond motifs is 2. The number of aromatic nitrogens is 1. The number of benzene rings is 2. The summed E-state index contributed by atoms with van der Waals surface area (Å²) in [4.78, 5) is 17.8. The highest BCUT2D eigenvalue weighted by atomic mass is 32.1.